The van der Waals surface area contributed by atoms with E-state index in [1.54, 1.807) is 6.26 Å². The molecular weight excluding hydrogens is 172 g/mol. The van der Waals surface area contributed by atoms with E-state index in [-0.39, 0.29) is 0 Å². The number of hydrogen-bond donors (Lipinski definition) is 1. The fourth-order valence-electron chi connectivity index (χ4n) is 1.47. The number of hydrogen-bond acceptors (Lipinski definition) is 3. The van der Waals surface area contributed by atoms with Gasteiger partial charge in [0.1, 0.15) is 0 Å². The van der Waals surface area contributed by atoms with Crippen molar-refractivity contribution in [3.05, 3.63) is 0 Å². The van der Waals surface area contributed by atoms with Gasteiger partial charge >= 0.3 is 0 Å². The highest BCUT2D eigenvalue weighted by Crippen LogP contribution is 1.97. The zero-order valence-corrected chi connectivity index (χ0v) is 8.69. The SMILES string of the molecule is CC1CN(CCS(C)=O)CCN1. The minimum atomic E-state index is -0.641. The molecule has 0 radical (unpaired) electrons. The maximum absolute atomic E-state index is 10.8. The lowest BCUT2D eigenvalue weighted by Gasteiger charge is -2.31. The molecule has 1 N–H and O–H groups in total. The van der Waals surface area contributed by atoms with Crippen LogP contribution in [0.2, 0.25) is 0 Å². The van der Waals surface area contributed by atoms with Crippen LogP contribution in [0.15, 0.2) is 0 Å². The first-order valence-electron chi connectivity index (χ1n) is 4.44. The first-order chi connectivity index (χ1) is 5.68. The van der Waals surface area contributed by atoms with Gasteiger partial charge in [0.25, 0.3) is 0 Å². The van der Waals surface area contributed by atoms with E-state index in [1.165, 1.54) is 0 Å². The maximum atomic E-state index is 10.8. The van der Waals surface area contributed by atoms with Crippen molar-refractivity contribution in [2.45, 2.75) is 13.0 Å². The summed E-state index contributed by atoms with van der Waals surface area (Å²) in [6, 6.07) is 0.587. The fourth-order valence-corrected chi connectivity index (χ4v) is 1.99. The zero-order chi connectivity index (χ0) is 8.97. The van der Waals surface area contributed by atoms with Gasteiger partial charge < -0.3 is 5.32 Å². The van der Waals surface area contributed by atoms with Gasteiger partial charge in [0, 0.05) is 55.0 Å². The Morgan fingerprint density at radius 1 is 1.67 bits per heavy atom. The van der Waals surface area contributed by atoms with Crippen LogP contribution in [0.5, 0.6) is 0 Å². The number of nitrogens with zero attached hydrogens (tertiary/aromatic N) is 1. The molecule has 2 unspecified atom stereocenters. The highest BCUT2D eigenvalue weighted by atomic mass is 32.2. The Labute approximate surface area is 77.0 Å². The van der Waals surface area contributed by atoms with Crippen molar-refractivity contribution in [2.24, 2.45) is 0 Å². The Morgan fingerprint density at radius 2 is 2.42 bits per heavy atom. The number of piperazine rings is 1. The second-order valence-electron chi connectivity index (χ2n) is 3.43. The quantitative estimate of drug-likeness (QED) is 0.661. The molecule has 0 aliphatic carbocycles. The standard InChI is InChI=1S/C8H18N2OS/c1-8-7-10(4-3-9-8)5-6-12(2)11/h8-9H,3-7H2,1-2H3. The Morgan fingerprint density at radius 3 is 3.00 bits per heavy atom. The molecule has 1 aliphatic heterocycles. The molecule has 1 heterocycles. The molecule has 12 heavy (non-hydrogen) atoms. The normalized spacial score (nSPS) is 28.7. The summed E-state index contributed by atoms with van der Waals surface area (Å²) in [7, 11) is -0.641. The average Bonchev–Trinajstić information content (AvgIpc) is 2.01. The number of rotatable bonds is 3. The van der Waals surface area contributed by atoms with Gasteiger partial charge in [-0.15, -0.1) is 0 Å². The molecule has 0 aromatic rings. The fraction of sp³-hybridized carbons (Fsp3) is 1.00. The van der Waals surface area contributed by atoms with Gasteiger partial charge in [-0.3, -0.25) is 9.11 Å². The van der Waals surface area contributed by atoms with Crippen LogP contribution in [0.25, 0.3) is 0 Å². The Kier molecular flexibility index (Phi) is 4.18. The number of nitrogens with one attached hydrogen (secondary N) is 1. The molecule has 0 aromatic heterocycles. The Hall–Kier alpha value is 0.0700. The molecule has 2 atom stereocenters. The third-order valence-corrected chi connectivity index (χ3v) is 2.91. The van der Waals surface area contributed by atoms with E-state index in [2.05, 4.69) is 17.1 Å². The summed E-state index contributed by atoms with van der Waals surface area (Å²) >= 11 is 0. The second-order valence-corrected chi connectivity index (χ2v) is 4.99. The van der Waals surface area contributed by atoms with Crippen LogP contribution in [0.1, 0.15) is 6.92 Å². The van der Waals surface area contributed by atoms with Crippen LogP contribution >= 0.6 is 0 Å². The topological polar surface area (TPSA) is 32.3 Å². The molecule has 1 saturated heterocycles. The van der Waals surface area contributed by atoms with Gasteiger partial charge in [0.05, 0.1) is 0 Å². The molecule has 0 saturated carbocycles. The lowest BCUT2D eigenvalue weighted by Crippen LogP contribution is -2.50. The molecule has 0 bridgehead atoms. The Balaban J connectivity index is 2.18. The first kappa shape index (κ1) is 10.2. The van der Waals surface area contributed by atoms with Crippen LogP contribution in [-0.2, 0) is 10.8 Å². The minimum Gasteiger partial charge on any atom is -0.312 e. The van der Waals surface area contributed by atoms with Crippen LogP contribution in [0.3, 0.4) is 0 Å². The molecule has 1 aliphatic rings. The van der Waals surface area contributed by atoms with Gasteiger partial charge in [-0.1, -0.05) is 0 Å². The molecule has 4 heteroatoms. The van der Waals surface area contributed by atoms with Crippen molar-refractivity contribution in [1.82, 2.24) is 10.2 Å². The van der Waals surface area contributed by atoms with Gasteiger partial charge in [0.2, 0.25) is 0 Å². The van der Waals surface area contributed by atoms with E-state index >= 15 is 0 Å². The third kappa shape index (κ3) is 3.65. The van der Waals surface area contributed by atoms with E-state index in [1.807, 2.05) is 0 Å². The largest absolute Gasteiger partial charge is 0.312 e. The van der Waals surface area contributed by atoms with Gasteiger partial charge in [-0.05, 0) is 6.92 Å². The van der Waals surface area contributed by atoms with E-state index in [0.717, 1.165) is 31.9 Å². The average molecular weight is 190 g/mol. The molecule has 72 valence electrons. The summed E-state index contributed by atoms with van der Waals surface area (Å²) in [5.74, 6) is 0.812. The van der Waals surface area contributed by atoms with Crippen molar-refractivity contribution in [3.8, 4) is 0 Å². The van der Waals surface area contributed by atoms with E-state index in [9.17, 15) is 4.21 Å². The van der Waals surface area contributed by atoms with E-state index in [4.69, 9.17) is 0 Å². The van der Waals surface area contributed by atoms with Crippen molar-refractivity contribution >= 4 is 10.8 Å². The molecule has 0 spiro atoms. The summed E-state index contributed by atoms with van der Waals surface area (Å²) in [6.07, 6.45) is 1.77. The van der Waals surface area contributed by atoms with Crippen molar-refractivity contribution in [3.63, 3.8) is 0 Å². The monoisotopic (exact) mass is 190 g/mol. The smallest absolute Gasteiger partial charge is 0.0359 e. The highest BCUT2D eigenvalue weighted by Gasteiger charge is 2.14. The van der Waals surface area contributed by atoms with Crippen molar-refractivity contribution in [1.29, 1.82) is 0 Å². The molecule has 3 nitrogen and oxygen atoms in total. The van der Waals surface area contributed by atoms with Gasteiger partial charge in [-0.25, -0.2) is 0 Å². The lowest BCUT2D eigenvalue weighted by molar-refractivity contribution is 0.218. The van der Waals surface area contributed by atoms with Crippen LogP contribution in [0.4, 0.5) is 0 Å². The molecule has 0 amide bonds. The van der Waals surface area contributed by atoms with Crippen molar-refractivity contribution in [2.75, 3.05) is 38.2 Å². The minimum absolute atomic E-state index is 0.587. The van der Waals surface area contributed by atoms with Gasteiger partial charge in [-0.2, -0.15) is 0 Å². The first-order valence-corrected chi connectivity index (χ1v) is 6.17. The van der Waals surface area contributed by atoms with Crippen molar-refractivity contribution < 1.29 is 4.21 Å². The summed E-state index contributed by atoms with van der Waals surface area (Å²) in [6.45, 7) is 6.43. The van der Waals surface area contributed by atoms with E-state index in [0.29, 0.717) is 6.04 Å². The maximum Gasteiger partial charge on any atom is 0.0359 e. The lowest BCUT2D eigenvalue weighted by atomic mass is 10.2. The molecule has 0 aromatic carbocycles. The summed E-state index contributed by atoms with van der Waals surface area (Å²) in [4.78, 5) is 2.38. The van der Waals surface area contributed by atoms with Crippen LogP contribution in [-0.4, -0.2) is 53.3 Å². The highest BCUT2D eigenvalue weighted by molar-refractivity contribution is 7.84. The summed E-state index contributed by atoms with van der Waals surface area (Å²) in [5, 5.41) is 3.38. The van der Waals surface area contributed by atoms with E-state index < -0.39 is 10.8 Å². The zero-order valence-electron chi connectivity index (χ0n) is 7.88. The van der Waals surface area contributed by atoms with Gasteiger partial charge in [0.15, 0.2) is 0 Å². The summed E-state index contributed by atoms with van der Waals surface area (Å²) < 4.78 is 10.8. The second kappa shape index (κ2) is 4.94. The predicted molar refractivity (Wildman–Crippen MR) is 52.8 cm³/mol. The predicted octanol–water partition coefficient (Wildman–Crippen LogP) is -0.341. The molecule has 1 fully saturated rings. The summed E-state index contributed by atoms with van der Waals surface area (Å²) in [5.41, 5.74) is 0. The Bertz CT molecular complexity index is 163. The van der Waals surface area contributed by atoms with Crippen LogP contribution < -0.4 is 5.32 Å². The molecule has 1 rings (SSSR count). The van der Waals surface area contributed by atoms with Crippen LogP contribution in [0, 0.1) is 0 Å². The molecular formula is C8H18N2OS. The third-order valence-electron chi connectivity index (χ3n) is 2.15.